The number of hydrogen-bond acceptors (Lipinski definition) is 3. The third kappa shape index (κ3) is 5.21. The van der Waals surface area contributed by atoms with Crippen LogP contribution in [0.2, 0.25) is 5.02 Å². The predicted molar refractivity (Wildman–Crippen MR) is 111 cm³/mol. The number of amides is 1. The molecule has 1 aliphatic rings. The molecule has 0 aliphatic carbocycles. The Kier molecular flexibility index (Phi) is 6.51. The Hall–Kier alpha value is -2.80. The highest BCUT2D eigenvalue weighted by molar-refractivity contribution is 6.32. The van der Waals surface area contributed by atoms with Crippen LogP contribution in [0.25, 0.3) is 6.08 Å². The maximum absolute atomic E-state index is 12.9. The molecule has 1 heterocycles. The lowest BCUT2D eigenvalue weighted by Crippen LogP contribution is -2.48. The van der Waals surface area contributed by atoms with Gasteiger partial charge in [-0.2, -0.15) is 13.2 Å². The van der Waals surface area contributed by atoms with Crippen LogP contribution >= 0.6 is 11.6 Å². The zero-order valence-electron chi connectivity index (χ0n) is 16.2. The van der Waals surface area contributed by atoms with E-state index in [1.54, 1.807) is 17.0 Å². The van der Waals surface area contributed by atoms with Gasteiger partial charge in [0.05, 0.1) is 5.56 Å². The number of carbonyl (C=O) groups excluding carboxylic acids is 2. The number of anilines is 1. The molecule has 2 aromatic carbocycles. The highest BCUT2D eigenvalue weighted by Gasteiger charge is 2.30. The molecule has 1 fully saturated rings. The van der Waals surface area contributed by atoms with Gasteiger partial charge < -0.3 is 9.80 Å². The monoisotopic (exact) mass is 436 g/mol. The summed E-state index contributed by atoms with van der Waals surface area (Å²) in [6, 6.07) is 10.3. The van der Waals surface area contributed by atoms with Crippen molar-refractivity contribution < 1.29 is 22.8 Å². The summed E-state index contributed by atoms with van der Waals surface area (Å²) in [4.78, 5) is 27.6. The first-order valence-corrected chi connectivity index (χ1v) is 9.72. The SMILES string of the molecule is CC(=O)c1ccc(N2CCN(C(=O)C=Cc3cc(C(F)(F)F)ccc3Cl)CC2)cc1. The number of carbonyl (C=O) groups is 2. The van der Waals surface area contributed by atoms with Crippen LogP contribution in [0.1, 0.15) is 28.4 Å². The topological polar surface area (TPSA) is 40.6 Å². The van der Waals surface area contributed by atoms with E-state index < -0.39 is 11.7 Å². The van der Waals surface area contributed by atoms with Crippen molar-refractivity contribution in [3.05, 3.63) is 70.3 Å². The van der Waals surface area contributed by atoms with Crippen LogP contribution in [0.15, 0.2) is 48.5 Å². The van der Waals surface area contributed by atoms with Gasteiger partial charge in [-0.1, -0.05) is 11.6 Å². The standard InChI is InChI=1S/C22H20ClF3N2O2/c1-15(29)16-2-6-19(7-3-16)27-10-12-28(13-11-27)21(30)9-4-17-14-18(22(24,25)26)5-8-20(17)23/h2-9,14H,10-13H2,1H3. The molecule has 3 rings (SSSR count). The summed E-state index contributed by atoms with van der Waals surface area (Å²) in [7, 11) is 0. The van der Waals surface area contributed by atoms with Gasteiger partial charge in [0.2, 0.25) is 5.91 Å². The summed E-state index contributed by atoms with van der Waals surface area (Å²) in [6.45, 7) is 3.70. The lowest BCUT2D eigenvalue weighted by molar-refractivity contribution is -0.137. The number of nitrogens with zero attached hydrogens (tertiary/aromatic N) is 2. The molecule has 1 aliphatic heterocycles. The molecule has 1 amide bonds. The van der Waals surface area contributed by atoms with Gasteiger partial charge in [-0.05, 0) is 61.0 Å². The van der Waals surface area contributed by atoms with Gasteiger partial charge in [-0.25, -0.2) is 0 Å². The van der Waals surface area contributed by atoms with Crippen LogP contribution < -0.4 is 4.90 Å². The Balaban J connectivity index is 1.61. The molecular weight excluding hydrogens is 417 g/mol. The predicted octanol–water partition coefficient (Wildman–Crippen LogP) is 4.92. The minimum absolute atomic E-state index is 0.00428. The van der Waals surface area contributed by atoms with Crippen LogP contribution in [0.5, 0.6) is 0 Å². The Bertz CT molecular complexity index is 963. The smallest absolute Gasteiger partial charge is 0.368 e. The van der Waals surface area contributed by atoms with E-state index in [0.29, 0.717) is 31.7 Å². The second-order valence-corrected chi connectivity index (χ2v) is 7.39. The van der Waals surface area contributed by atoms with E-state index in [4.69, 9.17) is 11.6 Å². The zero-order valence-corrected chi connectivity index (χ0v) is 17.0. The first kappa shape index (κ1) is 21.9. The van der Waals surface area contributed by atoms with E-state index in [1.807, 2.05) is 12.1 Å². The maximum atomic E-state index is 12.9. The highest BCUT2D eigenvalue weighted by Crippen LogP contribution is 2.32. The van der Waals surface area contributed by atoms with Crippen LogP contribution in [0.3, 0.4) is 0 Å². The number of rotatable bonds is 4. The van der Waals surface area contributed by atoms with Gasteiger partial charge in [0.15, 0.2) is 5.78 Å². The molecule has 158 valence electrons. The second kappa shape index (κ2) is 8.92. The van der Waals surface area contributed by atoms with Crippen molar-refractivity contribution >= 4 is 35.1 Å². The normalized spacial score (nSPS) is 15.0. The molecule has 0 aromatic heterocycles. The van der Waals surface area contributed by atoms with Crippen molar-refractivity contribution in [2.75, 3.05) is 31.1 Å². The summed E-state index contributed by atoms with van der Waals surface area (Å²) in [5, 5.41) is 0.144. The minimum atomic E-state index is -4.48. The molecule has 1 saturated heterocycles. The van der Waals surface area contributed by atoms with Gasteiger partial charge in [-0.15, -0.1) is 0 Å². The van der Waals surface area contributed by atoms with Crippen LogP contribution in [0.4, 0.5) is 18.9 Å². The summed E-state index contributed by atoms with van der Waals surface area (Å²) < 4.78 is 38.6. The minimum Gasteiger partial charge on any atom is -0.368 e. The number of Topliss-reactive ketones (excluding diaryl/α,β-unsaturated/α-hetero) is 1. The quantitative estimate of drug-likeness (QED) is 0.504. The number of alkyl halides is 3. The maximum Gasteiger partial charge on any atom is 0.416 e. The average molecular weight is 437 g/mol. The average Bonchev–Trinajstić information content (AvgIpc) is 2.72. The molecule has 30 heavy (non-hydrogen) atoms. The van der Waals surface area contributed by atoms with Gasteiger partial charge in [0.25, 0.3) is 0 Å². The first-order valence-electron chi connectivity index (χ1n) is 9.35. The fourth-order valence-electron chi connectivity index (χ4n) is 3.21. The van der Waals surface area contributed by atoms with E-state index in [0.717, 1.165) is 17.8 Å². The van der Waals surface area contributed by atoms with E-state index in [1.165, 1.54) is 25.1 Å². The van der Waals surface area contributed by atoms with Crippen molar-refractivity contribution in [3.8, 4) is 0 Å². The lowest BCUT2D eigenvalue weighted by Gasteiger charge is -2.35. The highest BCUT2D eigenvalue weighted by atomic mass is 35.5. The number of ketones is 1. The Labute approximate surface area is 177 Å². The van der Waals surface area contributed by atoms with E-state index in [9.17, 15) is 22.8 Å². The van der Waals surface area contributed by atoms with E-state index in [-0.39, 0.29) is 22.3 Å². The first-order chi connectivity index (χ1) is 14.1. The fourth-order valence-corrected chi connectivity index (χ4v) is 3.39. The molecule has 4 nitrogen and oxygen atoms in total. The van der Waals surface area contributed by atoms with Crippen LogP contribution in [-0.2, 0) is 11.0 Å². The van der Waals surface area contributed by atoms with Crippen LogP contribution in [0, 0.1) is 0 Å². The summed E-state index contributed by atoms with van der Waals surface area (Å²) in [6.07, 6.45) is -1.92. The largest absolute Gasteiger partial charge is 0.416 e. The Morgan fingerprint density at radius 2 is 1.63 bits per heavy atom. The molecule has 0 bridgehead atoms. The summed E-state index contributed by atoms with van der Waals surface area (Å²) in [5.41, 5.74) is 0.941. The molecule has 0 atom stereocenters. The number of halogens is 4. The fraction of sp³-hybridized carbons (Fsp3) is 0.273. The van der Waals surface area contributed by atoms with Gasteiger partial charge in [0.1, 0.15) is 0 Å². The van der Waals surface area contributed by atoms with Crippen molar-refractivity contribution in [2.45, 2.75) is 13.1 Å². The Morgan fingerprint density at radius 3 is 2.20 bits per heavy atom. The molecule has 8 heteroatoms. The third-order valence-corrected chi connectivity index (χ3v) is 5.30. The lowest BCUT2D eigenvalue weighted by atomic mass is 10.1. The molecule has 0 spiro atoms. The third-order valence-electron chi connectivity index (χ3n) is 4.96. The van der Waals surface area contributed by atoms with Crippen molar-refractivity contribution in [1.29, 1.82) is 0 Å². The molecular formula is C22H20ClF3N2O2. The van der Waals surface area contributed by atoms with Gasteiger partial charge in [0, 0.05) is 48.5 Å². The van der Waals surface area contributed by atoms with Crippen molar-refractivity contribution in [1.82, 2.24) is 4.90 Å². The van der Waals surface area contributed by atoms with Crippen LogP contribution in [-0.4, -0.2) is 42.8 Å². The molecule has 2 aromatic rings. The Morgan fingerprint density at radius 1 is 1.00 bits per heavy atom. The van der Waals surface area contributed by atoms with Crippen molar-refractivity contribution in [2.24, 2.45) is 0 Å². The van der Waals surface area contributed by atoms with Gasteiger partial charge in [-0.3, -0.25) is 9.59 Å². The summed E-state index contributed by atoms with van der Waals surface area (Å²) >= 11 is 5.96. The van der Waals surface area contributed by atoms with Gasteiger partial charge >= 0.3 is 6.18 Å². The number of piperazine rings is 1. The van der Waals surface area contributed by atoms with Crippen molar-refractivity contribution in [3.63, 3.8) is 0 Å². The number of benzene rings is 2. The van der Waals surface area contributed by atoms with E-state index in [2.05, 4.69) is 4.90 Å². The zero-order chi connectivity index (χ0) is 21.9. The molecule has 0 radical (unpaired) electrons. The molecule has 0 N–H and O–H groups in total. The second-order valence-electron chi connectivity index (χ2n) is 6.98. The van der Waals surface area contributed by atoms with E-state index >= 15 is 0 Å². The summed E-state index contributed by atoms with van der Waals surface area (Å²) in [5.74, 6) is -0.278. The molecule has 0 unspecified atom stereocenters. The molecule has 0 saturated carbocycles. The number of hydrogen-bond donors (Lipinski definition) is 0.